The maximum absolute atomic E-state index is 12.4. The molecule has 36 heavy (non-hydrogen) atoms. The van der Waals surface area contributed by atoms with Crippen LogP contribution in [0.15, 0.2) is 36.5 Å². The summed E-state index contributed by atoms with van der Waals surface area (Å²) in [5.74, 6) is -0.822. The summed E-state index contributed by atoms with van der Waals surface area (Å²) in [5, 5.41) is 8.76. The number of hydrogen-bond acceptors (Lipinski definition) is 3. The third-order valence-electron chi connectivity index (χ3n) is 6.36. The Bertz CT molecular complexity index is 591. The SMILES string of the molecule is CC/C=C\C/C=C\C/C=C\C(CCCCCCC(=O)O)OC(=O)CCCCCCCCCCCCC. The lowest BCUT2D eigenvalue weighted by molar-refractivity contribution is -0.147. The lowest BCUT2D eigenvalue weighted by Gasteiger charge is -2.14. The Morgan fingerprint density at radius 1 is 0.639 bits per heavy atom. The smallest absolute Gasteiger partial charge is 0.306 e. The molecule has 0 aromatic heterocycles. The maximum Gasteiger partial charge on any atom is 0.306 e. The van der Waals surface area contributed by atoms with Crippen molar-refractivity contribution in [2.24, 2.45) is 0 Å². The van der Waals surface area contributed by atoms with E-state index in [0.29, 0.717) is 12.8 Å². The van der Waals surface area contributed by atoms with Gasteiger partial charge in [0.25, 0.3) is 0 Å². The molecule has 0 aromatic carbocycles. The van der Waals surface area contributed by atoms with Gasteiger partial charge < -0.3 is 9.84 Å². The van der Waals surface area contributed by atoms with E-state index in [9.17, 15) is 9.59 Å². The van der Waals surface area contributed by atoms with Gasteiger partial charge in [-0.3, -0.25) is 9.59 Å². The molecule has 0 radical (unpaired) electrons. The van der Waals surface area contributed by atoms with Crippen molar-refractivity contribution >= 4 is 11.9 Å². The van der Waals surface area contributed by atoms with Gasteiger partial charge >= 0.3 is 11.9 Å². The van der Waals surface area contributed by atoms with Gasteiger partial charge in [-0.15, -0.1) is 0 Å². The molecule has 0 saturated heterocycles. The zero-order valence-corrected chi connectivity index (χ0v) is 23.6. The molecular weight excluding hydrogens is 448 g/mol. The minimum atomic E-state index is -0.731. The van der Waals surface area contributed by atoms with Crippen LogP contribution in [0.4, 0.5) is 0 Å². The molecule has 1 N–H and O–H groups in total. The fourth-order valence-electron chi connectivity index (χ4n) is 4.17. The fraction of sp³-hybridized carbons (Fsp3) is 0.750. The number of ether oxygens (including phenoxy) is 1. The molecule has 4 nitrogen and oxygen atoms in total. The van der Waals surface area contributed by atoms with Gasteiger partial charge in [-0.05, 0) is 51.0 Å². The van der Waals surface area contributed by atoms with Crippen molar-refractivity contribution in [3.63, 3.8) is 0 Å². The largest absolute Gasteiger partial charge is 0.481 e. The Morgan fingerprint density at radius 2 is 1.14 bits per heavy atom. The van der Waals surface area contributed by atoms with Crippen LogP contribution in [-0.4, -0.2) is 23.1 Å². The highest BCUT2D eigenvalue weighted by atomic mass is 16.5. The van der Waals surface area contributed by atoms with Crippen LogP contribution in [0.1, 0.15) is 149 Å². The third-order valence-corrected chi connectivity index (χ3v) is 6.36. The lowest BCUT2D eigenvalue weighted by Crippen LogP contribution is -2.16. The number of carboxylic acids is 1. The number of unbranched alkanes of at least 4 members (excludes halogenated alkanes) is 13. The first kappa shape index (κ1) is 34.2. The van der Waals surface area contributed by atoms with Gasteiger partial charge in [0.1, 0.15) is 6.10 Å². The molecule has 0 heterocycles. The summed E-state index contributed by atoms with van der Waals surface area (Å²) in [6.07, 6.45) is 34.5. The number of rotatable bonds is 26. The minimum Gasteiger partial charge on any atom is -0.481 e. The number of carbonyl (C=O) groups excluding carboxylic acids is 1. The highest BCUT2D eigenvalue weighted by Gasteiger charge is 2.11. The molecule has 0 saturated carbocycles. The number of allylic oxidation sites excluding steroid dienone is 5. The van der Waals surface area contributed by atoms with E-state index in [1.165, 1.54) is 57.8 Å². The summed E-state index contributed by atoms with van der Waals surface area (Å²) in [4.78, 5) is 23.1. The van der Waals surface area contributed by atoms with Gasteiger partial charge in [-0.2, -0.15) is 0 Å². The average molecular weight is 505 g/mol. The minimum absolute atomic E-state index is 0.0910. The second kappa shape index (κ2) is 27.7. The molecule has 0 bridgehead atoms. The van der Waals surface area contributed by atoms with E-state index in [2.05, 4.69) is 44.2 Å². The van der Waals surface area contributed by atoms with Gasteiger partial charge in [0.15, 0.2) is 0 Å². The normalized spacial score (nSPS) is 12.7. The van der Waals surface area contributed by atoms with Crippen molar-refractivity contribution in [3.05, 3.63) is 36.5 Å². The monoisotopic (exact) mass is 504 g/mol. The highest BCUT2D eigenvalue weighted by Crippen LogP contribution is 2.15. The molecule has 0 aromatic rings. The van der Waals surface area contributed by atoms with Gasteiger partial charge in [0.05, 0.1) is 0 Å². The van der Waals surface area contributed by atoms with Crippen molar-refractivity contribution in [2.45, 2.75) is 155 Å². The number of carboxylic acid groups (broad SMARTS) is 1. The number of carbonyl (C=O) groups is 2. The molecule has 1 unspecified atom stereocenters. The molecule has 4 heteroatoms. The molecule has 0 rings (SSSR count). The van der Waals surface area contributed by atoms with Gasteiger partial charge in [0.2, 0.25) is 0 Å². The second-order valence-electron chi connectivity index (χ2n) is 9.91. The zero-order chi connectivity index (χ0) is 26.5. The van der Waals surface area contributed by atoms with Crippen LogP contribution in [0.2, 0.25) is 0 Å². The Balaban J connectivity index is 4.17. The summed E-state index contributed by atoms with van der Waals surface area (Å²) in [7, 11) is 0. The van der Waals surface area contributed by atoms with Crippen LogP contribution in [0.5, 0.6) is 0 Å². The van der Waals surface area contributed by atoms with E-state index in [0.717, 1.165) is 57.8 Å². The molecule has 1 atom stereocenters. The first-order chi connectivity index (χ1) is 17.6. The Hall–Kier alpha value is -1.84. The fourth-order valence-corrected chi connectivity index (χ4v) is 4.17. The van der Waals surface area contributed by atoms with Crippen molar-refractivity contribution in [3.8, 4) is 0 Å². The van der Waals surface area contributed by atoms with Crippen LogP contribution in [0, 0.1) is 0 Å². The number of hydrogen-bond donors (Lipinski definition) is 1. The molecule has 0 aliphatic heterocycles. The van der Waals surface area contributed by atoms with Crippen LogP contribution >= 0.6 is 0 Å². The first-order valence-electron chi connectivity index (χ1n) is 15.0. The summed E-state index contributed by atoms with van der Waals surface area (Å²) in [6, 6.07) is 0. The molecule has 0 aliphatic rings. The van der Waals surface area contributed by atoms with Gasteiger partial charge in [-0.25, -0.2) is 0 Å². The zero-order valence-electron chi connectivity index (χ0n) is 23.6. The van der Waals surface area contributed by atoms with Crippen molar-refractivity contribution in [1.29, 1.82) is 0 Å². The van der Waals surface area contributed by atoms with E-state index in [1.54, 1.807) is 0 Å². The van der Waals surface area contributed by atoms with E-state index < -0.39 is 5.97 Å². The van der Waals surface area contributed by atoms with Crippen LogP contribution < -0.4 is 0 Å². The molecule has 0 spiro atoms. The average Bonchev–Trinajstić information content (AvgIpc) is 2.85. The second-order valence-corrected chi connectivity index (χ2v) is 9.91. The van der Waals surface area contributed by atoms with Crippen molar-refractivity contribution in [2.75, 3.05) is 0 Å². The predicted octanol–water partition coefficient (Wildman–Crippen LogP) is 9.88. The number of aliphatic carboxylic acids is 1. The van der Waals surface area contributed by atoms with Crippen molar-refractivity contribution in [1.82, 2.24) is 0 Å². The molecule has 0 amide bonds. The van der Waals surface area contributed by atoms with Crippen molar-refractivity contribution < 1.29 is 19.4 Å². The lowest BCUT2D eigenvalue weighted by atomic mass is 10.1. The summed E-state index contributed by atoms with van der Waals surface area (Å²) in [5.41, 5.74) is 0. The van der Waals surface area contributed by atoms with E-state index in [1.807, 2.05) is 6.08 Å². The Labute approximate surface area is 222 Å². The third kappa shape index (κ3) is 26.8. The number of esters is 1. The topological polar surface area (TPSA) is 63.6 Å². The Morgan fingerprint density at radius 3 is 1.72 bits per heavy atom. The van der Waals surface area contributed by atoms with E-state index in [-0.39, 0.29) is 18.5 Å². The maximum atomic E-state index is 12.4. The predicted molar refractivity (Wildman–Crippen MR) is 153 cm³/mol. The van der Waals surface area contributed by atoms with Crippen LogP contribution in [0.25, 0.3) is 0 Å². The molecule has 0 fully saturated rings. The molecular formula is C32H56O4. The highest BCUT2D eigenvalue weighted by molar-refractivity contribution is 5.69. The summed E-state index contributed by atoms with van der Waals surface area (Å²) >= 11 is 0. The van der Waals surface area contributed by atoms with Crippen LogP contribution in [-0.2, 0) is 14.3 Å². The first-order valence-corrected chi connectivity index (χ1v) is 15.0. The molecule has 0 aliphatic carbocycles. The van der Waals surface area contributed by atoms with E-state index >= 15 is 0 Å². The van der Waals surface area contributed by atoms with Gasteiger partial charge in [-0.1, -0.05) is 121 Å². The quantitative estimate of drug-likeness (QED) is 0.0723. The summed E-state index contributed by atoms with van der Waals surface area (Å²) in [6.45, 7) is 4.39. The molecule has 208 valence electrons. The van der Waals surface area contributed by atoms with Crippen LogP contribution in [0.3, 0.4) is 0 Å². The standard InChI is InChI=1S/C32H56O4/c1-3-5-7-9-11-13-14-15-17-19-25-29-32(35)36-30(27-23-20-21-24-28-31(33)34)26-22-18-16-12-10-8-6-4-2/h6,8,12,16,22,26,30H,3-5,7,9-11,13-15,17-21,23-25,27-29H2,1-2H3,(H,33,34)/b8-6-,16-12-,26-22-. The Kier molecular flexibility index (Phi) is 26.3. The van der Waals surface area contributed by atoms with E-state index in [4.69, 9.17) is 9.84 Å². The summed E-state index contributed by atoms with van der Waals surface area (Å²) < 4.78 is 5.79. The van der Waals surface area contributed by atoms with Gasteiger partial charge in [0, 0.05) is 12.8 Å².